The molecule has 1 aliphatic heterocycles. The summed E-state index contributed by atoms with van der Waals surface area (Å²) in [6, 6.07) is 21.8. The molecule has 0 radical (unpaired) electrons. The van der Waals surface area contributed by atoms with E-state index in [1.54, 1.807) is 7.11 Å². The lowest BCUT2D eigenvalue weighted by Crippen LogP contribution is -2.25. The molecule has 1 aliphatic carbocycles. The summed E-state index contributed by atoms with van der Waals surface area (Å²) in [7, 11) is 1.63. The van der Waals surface area contributed by atoms with Gasteiger partial charge in [-0.2, -0.15) is 0 Å². The fraction of sp³-hybridized carbons (Fsp3) is 0.294. The van der Waals surface area contributed by atoms with Gasteiger partial charge in [0.15, 0.2) is 0 Å². The average Bonchev–Trinajstić information content (AvgIpc) is 3.54. The molecule has 6 rings (SSSR count). The molecule has 0 saturated carbocycles. The Morgan fingerprint density at radius 3 is 2.40 bits per heavy atom. The van der Waals surface area contributed by atoms with Crippen LogP contribution >= 0.6 is 23.2 Å². The fourth-order valence-electron chi connectivity index (χ4n) is 6.18. The van der Waals surface area contributed by atoms with E-state index in [2.05, 4.69) is 5.32 Å². The number of pyridine rings is 1. The van der Waals surface area contributed by atoms with Gasteiger partial charge >= 0.3 is 0 Å². The zero-order valence-corrected chi connectivity index (χ0v) is 24.9. The van der Waals surface area contributed by atoms with Crippen molar-refractivity contribution in [2.45, 2.75) is 56.7 Å². The highest BCUT2D eigenvalue weighted by Gasteiger charge is 2.28. The van der Waals surface area contributed by atoms with Gasteiger partial charge in [-0.25, -0.2) is 4.98 Å². The number of hydrogen-bond acceptors (Lipinski definition) is 5. The van der Waals surface area contributed by atoms with Crippen LogP contribution in [0.5, 0.6) is 5.88 Å². The van der Waals surface area contributed by atoms with Gasteiger partial charge in [0.2, 0.25) is 11.8 Å². The smallest absolute Gasteiger partial charge is 0.220 e. The van der Waals surface area contributed by atoms with Crippen molar-refractivity contribution in [3.8, 4) is 39.4 Å². The van der Waals surface area contributed by atoms with Crippen LogP contribution in [0, 0.1) is 0 Å². The lowest BCUT2D eigenvalue weighted by molar-refractivity contribution is -0.119. The number of aliphatic hydroxyl groups excluding tert-OH is 1. The second-order valence-corrected chi connectivity index (χ2v) is 11.9. The third kappa shape index (κ3) is 5.52. The maximum atomic E-state index is 11.5. The van der Waals surface area contributed by atoms with Gasteiger partial charge in [-0.05, 0) is 60.9 Å². The second-order valence-electron chi connectivity index (χ2n) is 11.1. The molecule has 4 N–H and O–H groups in total. The molecule has 42 heavy (non-hydrogen) atoms. The van der Waals surface area contributed by atoms with Crippen LogP contribution in [0.3, 0.4) is 0 Å². The SMILES string of the molecule is COc1nc(-c2cccc(-c3cccc(-c4ccc5c(c4)[C@H](O)C[C@@H]5N)c3Cl)c2Cl)ccc1CCC[C@@H]1CCC(=O)N1. The number of rotatable bonds is 8. The highest BCUT2D eigenvalue weighted by atomic mass is 35.5. The van der Waals surface area contributed by atoms with Crippen LogP contribution in [0.25, 0.3) is 33.5 Å². The summed E-state index contributed by atoms with van der Waals surface area (Å²) >= 11 is 14.1. The minimum Gasteiger partial charge on any atom is -0.481 e. The average molecular weight is 603 g/mol. The Labute approximate surface area is 255 Å². The highest BCUT2D eigenvalue weighted by molar-refractivity contribution is 6.39. The number of hydrogen-bond donors (Lipinski definition) is 3. The van der Waals surface area contributed by atoms with Crippen molar-refractivity contribution in [3.63, 3.8) is 0 Å². The predicted octanol–water partition coefficient (Wildman–Crippen LogP) is 7.44. The molecule has 216 valence electrons. The Morgan fingerprint density at radius 1 is 0.976 bits per heavy atom. The minimum atomic E-state index is -0.575. The number of carbonyl (C=O) groups excluding carboxylic acids is 1. The van der Waals surface area contributed by atoms with E-state index in [0.717, 1.165) is 70.2 Å². The number of nitrogens with one attached hydrogen (secondary N) is 1. The summed E-state index contributed by atoms with van der Waals surface area (Å²) in [4.78, 5) is 16.3. The van der Waals surface area contributed by atoms with Crippen molar-refractivity contribution < 1.29 is 14.6 Å². The van der Waals surface area contributed by atoms with E-state index in [1.165, 1.54) is 0 Å². The Kier molecular flexibility index (Phi) is 8.24. The molecule has 6 nitrogen and oxygen atoms in total. The van der Waals surface area contributed by atoms with E-state index in [1.807, 2.05) is 66.7 Å². The van der Waals surface area contributed by atoms with Crippen molar-refractivity contribution >= 4 is 29.1 Å². The maximum absolute atomic E-state index is 11.5. The molecule has 3 atom stereocenters. The first kappa shape index (κ1) is 28.7. The van der Waals surface area contributed by atoms with Gasteiger partial charge in [-0.15, -0.1) is 0 Å². The summed E-state index contributed by atoms with van der Waals surface area (Å²) in [5, 5.41) is 14.6. The number of carbonyl (C=O) groups is 1. The van der Waals surface area contributed by atoms with E-state index in [0.29, 0.717) is 34.5 Å². The first-order valence-corrected chi connectivity index (χ1v) is 15.1. The highest BCUT2D eigenvalue weighted by Crippen LogP contribution is 2.44. The maximum Gasteiger partial charge on any atom is 0.220 e. The number of methoxy groups -OCH3 is 1. The Morgan fingerprint density at radius 2 is 1.69 bits per heavy atom. The third-order valence-electron chi connectivity index (χ3n) is 8.41. The number of aryl methyl sites for hydroxylation is 1. The third-order valence-corrected chi connectivity index (χ3v) is 9.23. The number of amides is 1. The quantitative estimate of drug-likeness (QED) is 0.195. The van der Waals surface area contributed by atoms with Crippen molar-refractivity contribution in [1.82, 2.24) is 10.3 Å². The fourth-order valence-corrected chi connectivity index (χ4v) is 6.84. The molecule has 3 aromatic carbocycles. The molecule has 2 aliphatic rings. The first-order chi connectivity index (χ1) is 20.3. The topological polar surface area (TPSA) is 97.5 Å². The van der Waals surface area contributed by atoms with Gasteiger partial charge in [0.25, 0.3) is 0 Å². The van der Waals surface area contributed by atoms with E-state index in [4.69, 9.17) is 38.7 Å². The Bertz CT molecular complexity index is 1660. The van der Waals surface area contributed by atoms with E-state index in [-0.39, 0.29) is 18.0 Å². The first-order valence-electron chi connectivity index (χ1n) is 14.3. The zero-order valence-electron chi connectivity index (χ0n) is 23.4. The molecule has 4 aromatic rings. The van der Waals surface area contributed by atoms with Crippen molar-refractivity contribution in [2.24, 2.45) is 5.73 Å². The molecule has 8 heteroatoms. The van der Waals surface area contributed by atoms with E-state index >= 15 is 0 Å². The molecule has 1 saturated heterocycles. The molecule has 1 aromatic heterocycles. The van der Waals surface area contributed by atoms with Crippen LogP contribution in [0.1, 0.15) is 60.9 Å². The summed E-state index contributed by atoms with van der Waals surface area (Å²) in [6.07, 6.45) is 4.15. The molecule has 0 spiro atoms. The van der Waals surface area contributed by atoms with E-state index in [9.17, 15) is 9.90 Å². The van der Waals surface area contributed by atoms with Crippen LogP contribution in [-0.4, -0.2) is 29.1 Å². The summed E-state index contributed by atoms with van der Waals surface area (Å²) in [5.74, 6) is 0.715. The molecule has 2 heterocycles. The van der Waals surface area contributed by atoms with Crippen molar-refractivity contribution in [3.05, 3.63) is 93.5 Å². The summed E-state index contributed by atoms with van der Waals surface area (Å²) in [5.41, 5.74) is 13.9. The second kappa shape index (κ2) is 12.1. The molecule has 0 bridgehead atoms. The molecular weight excluding hydrogens is 569 g/mol. The standard InChI is InChI=1S/C34H33Cl2N3O3/c1-42-34-19(5-2-6-21-13-16-31(41)38-21)12-15-29(39-34)26-10-4-9-25(33(26)36)24-8-3-7-22(32(24)35)20-11-14-23-27(17-20)30(40)18-28(23)37/h3-4,7-12,14-15,17,21,28,30,40H,2,5-6,13,16,18,37H2,1H3,(H,38,41)/t21-,28+,30-/m1/s1. The van der Waals surface area contributed by atoms with Gasteiger partial charge in [0.1, 0.15) is 0 Å². The number of nitrogens with two attached hydrogens (primary N) is 1. The number of aliphatic hydroxyl groups is 1. The normalized spacial score (nSPS) is 19.5. The lowest BCUT2D eigenvalue weighted by Gasteiger charge is -2.16. The number of fused-ring (bicyclic) bond motifs is 1. The van der Waals surface area contributed by atoms with Crippen molar-refractivity contribution in [2.75, 3.05) is 7.11 Å². The molecule has 1 fully saturated rings. The van der Waals surface area contributed by atoms with Gasteiger partial charge in [-0.3, -0.25) is 4.79 Å². The minimum absolute atomic E-state index is 0.143. The Hall–Kier alpha value is -3.42. The van der Waals surface area contributed by atoms with Gasteiger partial charge in [0, 0.05) is 46.3 Å². The summed E-state index contributed by atoms with van der Waals surface area (Å²) in [6.45, 7) is 0. The number of nitrogens with zero attached hydrogens (tertiary/aromatic N) is 1. The lowest BCUT2D eigenvalue weighted by atomic mass is 9.95. The van der Waals surface area contributed by atoms with Gasteiger partial charge in [0.05, 0.1) is 29.0 Å². The molecular formula is C34H33Cl2N3O3. The van der Waals surface area contributed by atoms with Crippen LogP contribution < -0.4 is 15.8 Å². The van der Waals surface area contributed by atoms with Gasteiger partial charge < -0.3 is 20.9 Å². The van der Waals surface area contributed by atoms with Crippen LogP contribution in [0.15, 0.2) is 66.7 Å². The van der Waals surface area contributed by atoms with Crippen LogP contribution in [0.4, 0.5) is 0 Å². The van der Waals surface area contributed by atoms with Crippen LogP contribution in [-0.2, 0) is 11.2 Å². The van der Waals surface area contributed by atoms with E-state index < -0.39 is 6.10 Å². The number of benzene rings is 3. The number of ether oxygens (including phenoxy) is 1. The molecule has 1 amide bonds. The summed E-state index contributed by atoms with van der Waals surface area (Å²) < 4.78 is 5.66. The number of halogens is 2. The largest absolute Gasteiger partial charge is 0.481 e. The molecule has 0 unspecified atom stereocenters. The van der Waals surface area contributed by atoms with Crippen LogP contribution in [0.2, 0.25) is 10.0 Å². The van der Waals surface area contributed by atoms with Gasteiger partial charge in [-0.1, -0.05) is 77.8 Å². The number of aromatic nitrogens is 1. The predicted molar refractivity (Wildman–Crippen MR) is 168 cm³/mol. The monoisotopic (exact) mass is 601 g/mol. The zero-order chi connectivity index (χ0) is 29.4. The van der Waals surface area contributed by atoms with Crippen molar-refractivity contribution in [1.29, 1.82) is 0 Å². The Balaban J connectivity index is 1.28.